The summed E-state index contributed by atoms with van der Waals surface area (Å²) in [6.07, 6.45) is 1.53. The molecule has 0 aliphatic heterocycles. The fraction of sp³-hybridized carbons (Fsp3) is 0.455. The molecule has 0 aliphatic carbocycles. The highest BCUT2D eigenvalue weighted by Crippen LogP contribution is 2.23. The molecule has 7 heteroatoms. The zero-order valence-corrected chi connectivity index (χ0v) is 13.0. The number of pyridine rings is 1. The highest BCUT2D eigenvalue weighted by molar-refractivity contribution is 9.10. The molecule has 0 radical (unpaired) electrons. The Morgan fingerprint density at radius 1 is 1.50 bits per heavy atom. The molecule has 1 N–H and O–H groups in total. The standard InChI is InChI=1S/C11H15BrN2O3S/c1-11(2,3)10(15)14-18(16)8-5-7(12)6-13-9(8)17-4/h5-6H,1-4H3,(H,14,15). The molecule has 1 rings (SSSR count). The minimum absolute atomic E-state index is 0.228. The Bertz CT molecular complexity index is 486. The molecule has 0 aliphatic rings. The van der Waals surface area contributed by atoms with Crippen molar-refractivity contribution < 1.29 is 13.7 Å². The minimum atomic E-state index is -1.70. The van der Waals surface area contributed by atoms with E-state index in [-0.39, 0.29) is 11.8 Å². The number of methoxy groups -OCH3 is 1. The van der Waals surface area contributed by atoms with E-state index in [4.69, 9.17) is 4.74 Å². The van der Waals surface area contributed by atoms with E-state index < -0.39 is 16.4 Å². The summed E-state index contributed by atoms with van der Waals surface area (Å²) in [6, 6.07) is 1.60. The van der Waals surface area contributed by atoms with Crippen molar-refractivity contribution in [3.8, 4) is 5.88 Å². The molecule has 1 amide bonds. The molecule has 1 heterocycles. The van der Waals surface area contributed by atoms with Gasteiger partial charge in [0.15, 0.2) is 11.0 Å². The van der Waals surface area contributed by atoms with Crippen LogP contribution in [0.25, 0.3) is 0 Å². The number of ether oxygens (including phenoxy) is 1. The second-order valence-electron chi connectivity index (χ2n) is 4.61. The van der Waals surface area contributed by atoms with Gasteiger partial charge in [0.1, 0.15) is 4.90 Å². The number of rotatable bonds is 3. The van der Waals surface area contributed by atoms with E-state index in [2.05, 4.69) is 25.6 Å². The highest BCUT2D eigenvalue weighted by atomic mass is 79.9. The summed E-state index contributed by atoms with van der Waals surface area (Å²) >= 11 is 3.23. The van der Waals surface area contributed by atoms with Gasteiger partial charge in [-0.15, -0.1) is 0 Å². The maximum atomic E-state index is 12.1. The Labute approximate surface area is 117 Å². The first-order chi connectivity index (χ1) is 8.25. The summed E-state index contributed by atoms with van der Waals surface area (Å²) in [5, 5.41) is 0. The normalized spacial score (nSPS) is 12.9. The van der Waals surface area contributed by atoms with E-state index in [0.717, 1.165) is 0 Å². The molecular weight excluding hydrogens is 320 g/mol. The molecule has 1 unspecified atom stereocenters. The summed E-state index contributed by atoms with van der Waals surface area (Å²) in [5.41, 5.74) is -0.609. The van der Waals surface area contributed by atoms with Crippen molar-refractivity contribution in [3.05, 3.63) is 16.7 Å². The van der Waals surface area contributed by atoms with Crippen molar-refractivity contribution >= 4 is 32.8 Å². The Balaban J connectivity index is 2.98. The van der Waals surface area contributed by atoms with Crippen LogP contribution in [0.2, 0.25) is 0 Å². The Kier molecular flexibility index (Phi) is 4.86. The number of aromatic nitrogens is 1. The van der Waals surface area contributed by atoms with E-state index in [9.17, 15) is 9.00 Å². The van der Waals surface area contributed by atoms with Gasteiger partial charge >= 0.3 is 0 Å². The number of hydrogen-bond acceptors (Lipinski definition) is 4. The summed E-state index contributed by atoms with van der Waals surface area (Å²) in [7, 11) is -0.266. The number of halogens is 1. The van der Waals surface area contributed by atoms with Gasteiger partial charge in [0.05, 0.1) is 7.11 Å². The second-order valence-corrected chi connectivity index (χ2v) is 6.71. The monoisotopic (exact) mass is 334 g/mol. The summed E-state index contributed by atoms with van der Waals surface area (Å²) in [5.74, 6) is -0.0754. The molecule has 0 saturated heterocycles. The number of carbonyl (C=O) groups is 1. The number of carbonyl (C=O) groups excluding carboxylic acids is 1. The molecule has 0 bridgehead atoms. The summed E-state index contributed by atoms with van der Waals surface area (Å²) in [4.78, 5) is 16.1. The van der Waals surface area contributed by atoms with Crippen molar-refractivity contribution in [1.29, 1.82) is 0 Å². The zero-order valence-electron chi connectivity index (χ0n) is 10.6. The third-order valence-corrected chi connectivity index (χ3v) is 3.54. The van der Waals surface area contributed by atoms with Gasteiger partial charge in [-0.2, -0.15) is 0 Å². The third-order valence-electron chi connectivity index (χ3n) is 2.04. The molecule has 1 aromatic heterocycles. The average molecular weight is 335 g/mol. The van der Waals surface area contributed by atoms with Crippen LogP contribution < -0.4 is 9.46 Å². The lowest BCUT2D eigenvalue weighted by atomic mass is 9.96. The lowest BCUT2D eigenvalue weighted by Crippen LogP contribution is -2.36. The van der Waals surface area contributed by atoms with Crippen LogP contribution in [0.15, 0.2) is 21.6 Å². The van der Waals surface area contributed by atoms with Crippen LogP contribution in [0.4, 0.5) is 0 Å². The molecule has 100 valence electrons. The van der Waals surface area contributed by atoms with Crippen LogP contribution in [0, 0.1) is 5.41 Å². The van der Waals surface area contributed by atoms with E-state index in [1.165, 1.54) is 13.3 Å². The van der Waals surface area contributed by atoms with Crippen LogP contribution in [-0.4, -0.2) is 22.2 Å². The van der Waals surface area contributed by atoms with Crippen LogP contribution >= 0.6 is 15.9 Å². The SMILES string of the molecule is COc1ncc(Br)cc1S(=O)NC(=O)C(C)(C)C. The molecule has 5 nitrogen and oxygen atoms in total. The zero-order chi connectivity index (χ0) is 13.9. The fourth-order valence-electron chi connectivity index (χ4n) is 0.987. The lowest BCUT2D eigenvalue weighted by Gasteiger charge is -2.17. The third kappa shape index (κ3) is 3.78. The van der Waals surface area contributed by atoms with Crippen molar-refractivity contribution in [2.24, 2.45) is 5.41 Å². The van der Waals surface area contributed by atoms with Crippen molar-refractivity contribution in [2.75, 3.05) is 7.11 Å². The van der Waals surface area contributed by atoms with E-state index >= 15 is 0 Å². The molecule has 0 saturated carbocycles. The second kappa shape index (κ2) is 5.79. The number of nitrogens with one attached hydrogen (secondary N) is 1. The lowest BCUT2D eigenvalue weighted by molar-refractivity contribution is -0.126. The summed E-state index contributed by atoms with van der Waals surface area (Å²) in [6.45, 7) is 5.24. The van der Waals surface area contributed by atoms with Gasteiger partial charge in [-0.3, -0.25) is 9.52 Å². The predicted molar refractivity (Wildman–Crippen MR) is 72.5 cm³/mol. The van der Waals surface area contributed by atoms with Gasteiger partial charge in [-0.1, -0.05) is 20.8 Å². The van der Waals surface area contributed by atoms with Gasteiger partial charge in [0.25, 0.3) is 0 Å². The quantitative estimate of drug-likeness (QED) is 0.918. The average Bonchev–Trinajstić information content (AvgIpc) is 2.27. The Morgan fingerprint density at radius 2 is 2.11 bits per heavy atom. The van der Waals surface area contributed by atoms with Crippen LogP contribution in [0.5, 0.6) is 5.88 Å². The molecule has 0 aromatic carbocycles. The van der Waals surface area contributed by atoms with Crippen molar-refractivity contribution in [3.63, 3.8) is 0 Å². The Hall–Kier alpha value is -0.950. The van der Waals surface area contributed by atoms with Crippen LogP contribution in [0.3, 0.4) is 0 Å². The van der Waals surface area contributed by atoms with Gasteiger partial charge in [-0.05, 0) is 22.0 Å². The smallest absolute Gasteiger partial charge is 0.237 e. The van der Waals surface area contributed by atoms with Crippen molar-refractivity contribution in [2.45, 2.75) is 25.7 Å². The topological polar surface area (TPSA) is 68.3 Å². The van der Waals surface area contributed by atoms with Gasteiger partial charge < -0.3 is 4.74 Å². The fourth-order valence-corrected chi connectivity index (χ4v) is 2.58. The van der Waals surface area contributed by atoms with E-state index in [0.29, 0.717) is 9.37 Å². The van der Waals surface area contributed by atoms with E-state index in [1.807, 2.05) is 0 Å². The van der Waals surface area contributed by atoms with Gasteiger partial charge in [0.2, 0.25) is 11.8 Å². The van der Waals surface area contributed by atoms with Gasteiger partial charge in [-0.25, -0.2) is 9.19 Å². The van der Waals surface area contributed by atoms with Crippen LogP contribution in [0.1, 0.15) is 20.8 Å². The van der Waals surface area contributed by atoms with Gasteiger partial charge in [0, 0.05) is 16.1 Å². The predicted octanol–water partition coefficient (Wildman–Crippen LogP) is 2.04. The molecule has 0 spiro atoms. The molecule has 1 aromatic rings. The molecular formula is C11H15BrN2O3S. The maximum Gasteiger partial charge on any atom is 0.237 e. The first-order valence-electron chi connectivity index (χ1n) is 5.18. The minimum Gasteiger partial charge on any atom is -0.480 e. The number of nitrogens with zero attached hydrogens (tertiary/aromatic N) is 1. The first-order valence-corrected chi connectivity index (χ1v) is 7.12. The summed E-state index contributed by atoms with van der Waals surface area (Å²) < 4.78 is 20.2. The molecule has 0 fully saturated rings. The largest absolute Gasteiger partial charge is 0.480 e. The number of amides is 1. The van der Waals surface area contributed by atoms with Crippen molar-refractivity contribution in [1.82, 2.24) is 9.71 Å². The van der Waals surface area contributed by atoms with Crippen LogP contribution in [-0.2, 0) is 15.8 Å². The molecule has 18 heavy (non-hydrogen) atoms. The van der Waals surface area contributed by atoms with E-state index in [1.54, 1.807) is 26.8 Å². The highest BCUT2D eigenvalue weighted by Gasteiger charge is 2.24. The first kappa shape index (κ1) is 15.1. The number of hydrogen-bond donors (Lipinski definition) is 1. The maximum absolute atomic E-state index is 12.1. The Morgan fingerprint density at radius 3 is 2.61 bits per heavy atom. The molecule has 1 atom stereocenters.